The first-order chi connectivity index (χ1) is 10.8. The van der Waals surface area contributed by atoms with Gasteiger partial charge in [-0.1, -0.05) is 19.9 Å². The Bertz CT molecular complexity index is 788. The third-order valence-corrected chi connectivity index (χ3v) is 3.58. The highest BCUT2D eigenvalue weighted by atomic mass is 16.3. The Balaban J connectivity index is 2.25. The number of benzene rings is 1. The molecule has 6 heteroatoms. The summed E-state index contributed by atoms with van der Waals surface area (Å²) in [5.41, 5.74) is -0.560. The van der Waals surface area contributed by atoms with Crippen molar-refractivity contribution in [3.05, 3.63) is 44.2 Å². The summed E-state index contributed by atoms with van der Waals surface area (Å²) in [6, 6.07) is 4.60. The zero-order valence-corrected chi connectivity index (χ0v) is 13.3. The molecule has 23 heavy (non-hydrogen) atoms. The van der Waals surface area contributed by atoms with Gasteiger partial charge in [-0.3, -0.25) is 14.4 Å². The fraction of sp³-hybridized carbons (Fsp3) is 0.353. The van der Waals surface area contributed by atoms with Crippen molar-refractivity contribution in [3.63, 3.8) is 0 Å². The van der Waals surface area contributed by atoms with E-state index in [1.165, 1.54) is 12.1 Å². The largest absolute Gasteiger partial charge is 0.505 e. The smallest absolute Gasteiger partial charge is 0.253 e. The molecule has 0 aromatic heterocycles. The van der Waals surface area contributed by atoms with Gasteiger partial charge in [-0.15, -0.1) is 0 Å². The van der Waals surface area contributed by atoms with Crippen molar-refractivity contribution in [2.24, 2.45) is 5.92 Å². The normalized spacial score (nSPS) is 12.3. The number of aldehydes is 1. The van der Waals surface area contributed by atoms with Crippen LogP contribution in [0.2, 0.25) is 0 Å². The Morgan fingerprint density at radius 1 is 1.13 bits per heavy atom. The maximum absolute atomic E-state index is 11.8. The molecular weight excluding hydrogens is 296 g/mol. The summed E-state index contributed by atoms with van der Waals surface area (Å²) < 4.78 is 0. The van der Waals surface area contributed by atoms with Crippen LogP contribution >= 0.6 is 0 Å². The van der Waals surface area contributed by atoms with Gasteiger partial charge in [0.15, 0.2) is 6.29 Å². The molecule has 0 aliphatic rings. The SMILES string of the molecule is CC(C)CC(C)Nc1c(Nc2cccc(C=O)c2O)c(=O)c1=O. The van der Waals surface area contributed by atoms with Gasteiger partial charge in [-0.05, 0) is 31.4 Å². The van der Waals surface area contributed by atoms with E-state index in [0.717, 1.165) is 6.42 Å². The second-order valence-electron chi connectivity index (χ2n) is 6.07. The number of rotatable bonds is 7. The van der Waals surface area contributed by atoms with Gasteiger partial charge >= 0.3 is 0 Å². The first kappa shape index (κ1) is 16.7. The number of nitrogens with one attached hydrogen (secondary N) is 2. The lowest BCUT2D eigenvalue weighted by atomic mass is 10.0. The molecule has 0 heterocycles. The Hall–Kier alpha value is -2.63. The van der Waals surface area contributed by atoms with Crippen LogP contribution in [0.1, 0.15) is 37.6 Å². The van der Waals surface area contributed by atoms with Gasteiger partial charge in [0.05, 0.1) is 11.3 Å². The number of carbonyl (C=O) groups excluding carboxylic acids is 1. The van der Waals surface area contributed by atoms with Gasteiger partial charge in [0.2, 0.25) is 0 Å². The van der Waals surface area contributed by atoms with Crippen LogP contribution in [0.3, 0.4) is 0 Å². The highest BCUT2D eigenvalue weighted by Gasteiger charge is 2.23. The summed E-state index contributed by atoms with van der Waals surface area (Å²) in [4.78, 5) is 34.4. The minimum absolute atomic E-state index is 0.0359. The number of para-hydroxylation sites is 1. The lowest BCUT2D eigenvalue weighted by Gasteiger charge is -2.21. The predicted molar refractivity (Wildman–Crippen MR) is 90.7 cm³/mol. The first-order valence-corrected chi connectivity index (χ1v) is 7.49. The van der Waals surface area contributed by atoms with Gasteiger partial charge in [0.25, 0.3) is 10.9 Å². The minimum atomic E-state index is -0.639. The molecule has 0 aliphatic carbocycles. The average Bonchev–Trinajstić information content (AvgIpc) is 2.51. The Kier molecular flexibility index (Phi) is 4.83. The molecule has 0 saturated heterocycles. The van der Waals surface area contributed by atoms with Crippen LogP contribution in [-0.4, -0.2) is 17.4 Å². The molecule has 2 rings (SSSR count). The molecule has 122 valence electrons. The quantitative estimate of drug-likeness (QED) is 0.412. The van der Waals surface area contributed by atoms with E-state index >= 15 is 0 Å². The Morgan fingerprint density at radius 2 is 1.78 bits per heavy atom. The van der Waals surface area contributed by atoms with E-state index in [2.05, 4.69) is 24.5 Å². The molecule has 0 saturated carbocycles. The summed E-state index contributed by atoms with van der Waals surface area (Å²) in [5, 5.41) is 15.8. The highest BCUT2D eigenvalue weighted by molar-refractivity contribution is 5.87. The summed E-state index contributed by atoms with van der Waals surface area (Å²) in [6.45, 7) is 6.08. The number of hydrogen-bond donors (Lipinski definition) is 3. The van der Waals surface area contributed by atoms with Crippen molar-refractivity contribution in [2.75, 3.05) is 10.6 Å². The van der Waals surface area contributed by atoms with Crippen LogP contribution in [0.15, 0.2) is 27.8 Å². The van der Waals surface area contributed by atoms with Gasteiger partial charge in [-0.25, -0.2) is 0 Å². The molecule has 1 atom stereocenters. The standard InChI is InChI=1S/C17H20N2O4/c1-9(2)7-10(3)18-13-14(17(23)16(13)22)19-12-6-4-5-11(8-20)15(12)21/h4-6,8-10,18-19,21H,7H2,1-3H3. The van der Waals surface area contributed by atoms with E-state index in [1.54, 1.807) is 6.07 Å². The molecule has 0 spiro atoms. The third-order valence-electron chi connectivity index (χ3n) is 3.58. The Labute approximate surface area is 133 Å². The molecule has 0 fully saturated rings. The van der Waals surface area contributed by atoms with Crippen molar-refractivity contribution in [1.29, 1.82) is 0 Å². The van der Waals surface area contributed by atoms with E-state index in [4.69, 9.17) is 0 Å². The number of hydrogen-bond acceptors (Lipinski definition) is 6. The van der Waals surface area contributed by atoms with Gasteiger partial charge in [-0.2, -0.15) is 0 Å². The lowest BCUT2D eigenvalue weighted by Crippen LogP contribution is -2.38. The number of aromatic hydroxyl groups is 1. The molecule has 0 bridgehead atoms. The number of phenols is 1. The molecular formula is C17H20N2O4. The summed E-state index contributed by atoms with van der Waals surface area (Å²) in [6.07, 6.45) is 1.37. The van der Waals surface area contributed by atoms with E-state index < -0.39 is 10.9 Å². The molecule has 0 amide bonds. The minimum Gasteiger partial charge on any atom is -0.505 e. The van der Waals surface area contributed by atoms with E-state index in [9.17, 15) is 19.5 Å². The molecule has 3 N–H and O–H groups in total. The van der Waals surface area contributed by atoms with Crippen molar-refractivity contribution in [1.82, 2.24) is 0 Å². The average molecular weight is 316 g/mol. The number of carbonyl (C=O) groups is 1. The summed E-state index contributed by atoms with van der Waals surface area (Å²) in [5.74, 6) is 0.199. The van der Waals surface area contributed by atoms with Crippen molar-refractivity contribution < 1.29 is 9.90 Å². The van der Waals surface area contributed by atoms with Crippen molar-refractivity contribution in [3.8, 4) is 5.75 Å². The zero-order valence-electron chi connectivity index (χ0n) is 13.3. The van der Waals surface area contributed by atoms with Gasteiger partial charge in [0, 0.05) is 6.04 Å². The highest BCUT2D eigenvalue weighted by Crippen LogP contribution is 2.30. The molecule has 2 aromatic carbocycles. The van der Waals surface area contributed by atoms with E-state index in [-0.39, 0.29) is 34.4 Å². The second kappa shape index (κ2) is 6.64. The number of phenolic OH excluding ortho intramolecular Hbond substituents is 1. The van der Waals surface area contributed by atoms with Crippen LogP contribution in [-0.2, 0) is 0 Å². The topological polar surface area (TPSA) is 95.5 Å². The Morgan fingerprint density at radius 3 is 2.39 bits per heavy atom. The van der Waals surface area contributed by atoms with Crippen molar-refractivity contribution >= 4 is 23.3 Å². The van der Waals surface area contributed by atoms with Crippen LogP contribution in [0.25, 0.3) is 0 Å². The maximum atomic E-state index is 11.8. The molecule has 6 nitrogen and oxygen atoms in total. The summed E-state index contributed by atoms with van der Waals surface area (Å²) in [7, 11) is 0. The van der Waals surface area contributed by atoms with Crippen LogP contribution in [0, 0.1) is 5.92 Å². The second-order valence-corrected chi connectivity index (χ2v) is 6.07. The van der Waals surface area contributed by atoms with Crippen LogP contribution in [0.4, 0.5) is 17.1 Å². The maximum Gasteiger partial charge on any atom is 0.253 e. The first-order valence-electron chi connectivity index (χ1n) is 7.49. The van der Waals surface area contributed by atoms with Gasteiger partial charge < -0.3 is 15.7 Å². The van der Waals surface area contributed by atoms with Crippen molar-refractivity contribution in [2.45, 2.75) is 33.2 Å². The molecule has 0 radical (unpaired) electrons. The fourth-order valence-electron chi connectivity index (χ4n) is 2.55. The third kappa shape index (κ3) is 3.41. The van der Waals surface area contributed by atoms with Gasteiger partial charge in [0.1, 0.15) is 17.1 Å². The number of anilines is 3. The lowest BCUT2D eigenvalue weighted by molar-refractivity contribution is 0.112. The van der Waals surface area contributed by atoms with Crippen LogP contribution < -0.4 is 21.5 Å². The fourth-order valence-corrected chi connectivity index (χ4v) is 2.55. The molecule has 2 aromatic rings. The zero-order chi connectivity index (χ0) is 17.1. The molecule has 1 unspecified atom stereocenters. The summed E-state index contributed by atoms with van der Waals surface area (Å²) >= 11 is 0. The molecule has 0 aliphatic heterocycles. The monoisotopic (exact) mass is 316 g/mol. The predicted octanol–water partition coefficient (Wildman–Crippen LogP) is 2.39. The van der Waals surface area contributed by atoms with E-state index in [0.29, 0.717) is 12.2 Å². The van der Waals surface area contributed by atoms with E-state index in [1.807, 2.05) is 6.92 Å². The van der Waals surface area contributed by atoms with Crippen LogP contribution in [0.5, 0.6) is 5.75 Å².